The van der Waals surface area contributed by atoms with Crippen LogP contribution in [0, 0.1) is 34.7 Å². The summed E-state index contributed by atoms with van der Waals surface area (Å²) in [6.45, 7) is 7.95. The maximum Gasteiger partial charge on any atom is 0.307 e. The van der Waals surface area contributed by atoms with Crippen molar-refractivity contribution in [1.82, 2.24) is 4.98 Å². The van der Waals surface area contributed by atoms with E-state index in [4.69, 9.17) is 9.47 Å². The molecule has 5 nitrogen and oxygen atoms in total. The molecule has 3 atom stereocenters. The zero-order valence-corrected chi connectivity index (χ0v) is 24.8. The summed E-state index contributed by atoms with van der Waals surface area (Å²) in [6.07, 6.45) is 5.58. The molecule has 0 radical (unpaired) electrons. The van der Waals surface area contributed by atoms with Gasteiger partial charge in [-0.25, -0.2) is 18.2 Å². The van der Waals surface area contributed by atoms with E-state index in [1.54, 1.807) is 18.2 Å². The number of benzene rings is 2. The number of aliphatic carboxylic acids is 1. The van der Waals surface area contributed by atoms with Gasteiger partial charge in [0.2, 0.25) is 5.88 Å². The summed E-state index contributed by atoms with van der Waals surface area (Å²) in [5, 5.41) is 9.77. The van der Waals surface area contributed by atoms with E-state index in [0.29, 0.717) is 30.4 Å². The van der Waals surface area contributed by atoms with Crippen LogP contribution in [0.4, 0.5) is 13.2 Å². The lowest BCUT2D eigenvalue weighted by molar-refractivity contribution is -0.139. The molecular weight excluding hydrogens is 543 g/mol. The average Bonchev–Trinajstić information content (AvgIpc) is 3.52. The van der Waals surface area contributed by atoms with Crippen molar-refractivity contribution < 1.29 is 32.5 Å². The Kier molecular flexibility index (Phi) is 8.03. The van der Waals surface area contributed by atoms with Crippen LogP contribution in [0.15, 0.2) is 36.5 Å². The van der Waals surface area contributed by atoms with Crippen molar-refractivity contribution in [2.75, 3.05) is 7.11 Å². The fourth-order valence-electron chi connectivity index (χ4n) is 7.30. The van der Waals surface area contributed by atoms with Crippen LogP contribution < -0.4 is 9.47 Å². The molecule has 8 heteroatoms. The summed E-state index contributed by atoms with van der Waals surface area (Å²) in [6, 6.07) is 7.78. The number of nitrogens with zero attached hydrogens (tertiary/aromatic N) is 1. The first kappa shape index (κ1) is 29.9. The van der Waals surface area contributed by atoms with Crippen LogP contribution in [0.25, 0.3) is 11.1 Å². The number of carbonyl (C=O) groups is 1. The van der Waals surface area contributed by atoms with Gasteiger partial charge in [-0.15, -0.1) is 0 Å². The van der Waals surface area contributed by atoms with Gasteiger partial charge in [0.15, 0.2) is 11.6 Å². The average molecular weight is 582 g/mol. The van der Waals surface area contributed by atoms with Crippen LogP contribution in [-0.4, -0.2) is 23.2 Å². The molecule has 1 heterocycles. The van der Waals surface area contributed by atoms with Crippen LogP contribution in [-0.2, 0) is 29.7 Å². The molecule has 0 amide bonds. The monoisotopic (exact) mass is 581 g/mol. The highest BCUT2D eigenvalue weighted by Crippen LogP contribution is 2.65. The number of fused-ring (bicyclic) bond motifs is 2. The number of hydrogen-bond donors (Lipinski definition) is 1. The Hall–Kier alpha value is -3.55. The number of carboxylic acids is 1. The van der Waals surface area contributed by atoms with Gasteiger partial charge in [0, 0.05) is 28.2 Å². The molecule has 3 unspecified atom stereocenters. The molecule has 1 fully saturated rings. The van der Waals surface area contributed by atoms with E-state index < -0.39 is 34.8 Å². The summed E-state index contributed by atoms with van der Waals surface area (Å²) in [5.41, 5.74) is 1.92. The van der Waals surface area contributed by atoms with E-state index in [1.807, 2.05) is 6.92 Å². The minimum atomic E-state index is -0.912. The number of ether oxygens (including phenoxy) is 2. The van der Waals surface area contributed by atoms with Crippen molar-refractivity contribution in [2.45, 2.75) is 78.2 Å². The van der Waals surface area contributed by atoms with Gasteiger partial charge < -0.3 is 14.6 Å². The lowest BCUT2D eigenvalue weighted by Crippen LogP contribution is -2.24. The van der Waals surface area contributed by atoms with E-state index in [0.717, 1.165) is 36.6 Å². The van der Waals surface area contributed by atoms with Crippen molar-refractivity contribution in [2.24, 2.45) is 17.3 Å². The summed E-state index contributed by atoms with van der Waals surface area (Å²) in [5.74, 6) is -3.28. The van der Waals surface area contributed by atoms with Gasteiger partial charge in [-0.2, -0.15) is 0 Å². The van der Waals surface area contributed by atoms with Crippen LogP contribution in [0.1, 0.15) is 75.6 Å². The summed E-state index contributed by atoms with van der Waals surface area (Å²) in [4.78, 5) is 15.8. The van der Waals surface area contributed by atoms with Crippen molar-refractivity contribution in [3.8, 4) is 22.8 Å². The predicted molar refractivity (Wildman–Crippen MR) is 154 cm³/mol. The molecule has 1 saturated carbocycles. The first-order valence-corrected chi connectivity index (χ1v) is 14.6. The van der Waals surface area contributed by atoms with Crippen molar-refractivity contribution >= 4 is 5.97 Å². The molecule has 2 aliphatic rings. The third-order valence-corrected chi connectivity index (χ3v) is 9.30. The molecule has 5 rings (SSSR count). The topological polar surface area (TPSA) is 68.7 Å². The summed E-state index contributed by atoms with van der Waals surface area (Å²) < 4.78 is 57.7. The number of carboxylic acid groups (broad SMARTS) is 1. The van der Waals surface area contributed by atoms with Crippen molar-refractivity contribution in [1.29, 1.82) is 0 Å². The second-order valence-corrected chi connectivity index (χ2v) is 12.6. The number of pyridine rings is 1. The van der Waals surface area contributed by atoms with Gasteiger partial charge in [-0.3, -0.25) is 4.79 Å². The molecule has 0 bridgehead atoms. The fourth-order valence-corrected chi connectivity index (χ4v) is 7.30. The Morgan fingerprint density at radius 1 is 1.12 bits per heavy atom. The number of aromatic nitrogens is 1. The normalized spacial score (nSPS) is 21.2. The highest BCUT2D eigenvalue weighted by molar-refractivity contribution is 5.79. The molecule has 2 aliphatic carbocycles. The van der Waals surface area contributed by atoms with E-state index in [-0.39, 0.29) is 40.7 Å². The molecule has 1 N–H and O–H groups in total. The highest BCUT2D eigenvalue weighted by atomic mass is 19.1. The number of halogens is 3. The van der Waals surface area contributed by atoms with Crippen LogP contribution >= 0.6 is 0 Å². The van der Waals surface area contributed by atoms with Gasteiger partial charge in [0.25, 0.3) is 0 Å². The van der Waals surface area contributed by atoms with Gasteiger partial charge >= 0.3 is 5.97 Å². The third kappa shape index (κ3) is 5.25. The first-order chi connectivity index (χ1) is 19.9. The molecule has 1 spiro atoms. The van der Waals surface area contributed by atoms with E-state index in [2.05, 4.69) is 25.8 Å². The number of hydrogen-bond acceptors (Lipinski definition) is 4. The first-order valence-electron chi connectivity index (χ1n) is 14.6. The number of methoxy groups -OCH3 is 1. The highest BCUT2D eigenvalue weighted by Gasteiger charge is 2.68. The third-order valence-electron chi connectivity index (χ3n) is 9.30. The minimum absolute atomic E-state index is 0.0282. The van der Waals surface area contributed by atoms with Crippen LogP contribution in [0.3, 0.4) is 0 Å². The molecule has 1 aromatic heterocycles. The maximum atomic E-state index is 16.0. The number of rotatable bonds is 10. The maximum absolute atomic E-state index is 16.0. The molecule has 224 valence electrons. The smallest absolute Gasteiger partial charge is 0.307 e. The molecule has 2 aromatic carbocycles. The zero-order chi connectivity index (χ0) is 30.4. The van der Waals surface area contributed by atoms with Crippen molar-refractivity contribution in [3.63, 3.8) is 0 Å². The summed E-state index contributed by atoms with van der Waals surface area (Å²) in [7, 11) is 1.43. The Balaban J connectivity index is 1.50. The Labute approximate surface area is 245 Å². The van der Waals surface area contributed by atoms with E-state index in [9.17, 15) is 14.3 Å². The second kappa shape index (κ2) is 11.3. The van der Waals surface area contributed by atoms with Gasteiger partial charge in [-0.05, 0) is 78.3 Å². The lowest BCUT2D eigenvalue weighted by atomic mass is 9.77. The van der Waals surface area contributed by atoms with Gasteiger partial charge in [0.05, 0.1) is 19.2 Å². The second-order valence-electron chi connectivity index (χ2n) is 12.6. The molecule has 0 aliphatic heterocycles. The van der Waals surface area contributed by atoms with E-state index >= 15 is 8.78 Å². The largest absolute Gasteiger partial charge is 0.486 e. The lowest BCUT2D eigenvalue weighted by Gasteiger charge is -2.28. The SMILES string of the molecule is CCCC(C)(C)Cc1cc(COc2ccc3c(c2F)C2(CCC3)C(C)C2C(=O)O)c(F)cc1-c1cc(OC)ncc1F. The fraction of sp³-hybridized carbons (Fsp3) is 0.471. The Morgan fingerprint density at radius 3 is 2.55 bits per heavy atom. The molecule has 42 heavy (non-hydrogen) atoms. The van der Waals surface area contributed by atoms with Gasteiger partial charge in [0.1, 0.15) is 18.2 Å². The molecular formula is C34H38F3NO4. The predicted octanol–water partition coefficient (Wildman–Crippen LogP) is 8.05. The molecule has 0 saturated heterocycles. The summed E-state index contributed by atoms with van der Waals surface area (Å²) >= 11 is 0. The number of aryl methyl sites for hydroxylation is 1. The van der Waals surface area contributed by atoms with Gasteiger partial charge in [-0.1, -0.05) is 40.2 Å². The quantitative estimate of drug-likeness (QED) is 0.262. The standard InChI is InChI=1S/C34H38F3NO4/c1-6-11-33(3,4)16-21-13-22(25(35)14-23(21)24-15-28(41-5)38-17-26(24)36)18-42-27-10-9-20-8-7-12-34(30(20)31(27)37)19(2)29(34)32(39)40/h9-10,13-15,17,19,29H,6-8,11-12,16,18H2,1-5H3,(H,39,40). The van der Waals surface area contributed by atoms with Crippen molar-refractivity contribution in [3.05, 3.63) is 76.2 Å². The minimum Gasteiger partial charge on any atom is -0.486 e. The van der Waals surface area contributed by atoms with E-state index in [1.165, 1.54) is 19.2 Å². The van der Waals surface area contributed by atoms with Crippen LogP contribution in [0.5, 0.6) is 11.6 Å². The van der Waals surface area contributed by atoms with Crippen LogP contribution in [0.2, 0.25) is 0 Å². The zero-order valence-electron chi connectivity index (χ0n) is 24.8. The molecule has 3 aromatic rings. The Morgan fingerprint density at radius 2 is 1.88 bits per heavy atom. The Bertz CT molecular complexity index is 1520.